The molecule has 3 nitrogen and oxygen atoms in total. The summed E-state index contributed by atoms with van der Waals surface area (Å²) in [6.45, 7) is 3.64. The largest absolute Gasteiger partial charge is 0.435 e. The first-order valence-corrected chi connectivity index (χ1v) is 6.33. The molecule has 1 unspecified atom stereocenters. The van der Waals surface area contributed by atoms with E-state index in [1.54, 1.807) is 12.1 Å². The Balaban J connectivity index is 2.75. The summed E-state index contributed by atoms with van der Waals surface area (Å²) < 4.78 is 28.7. The standard InChI is InChI=1S/C14H22F2N2O/c1-14(2,3)8-7-12(18-17)10-5-4-6-11(9-10)19-13(15)16/h4-6,9,12-13,18H,7-8,17H2,1-3H3. The first kappa shape index (κ1) is 15.9. The Morgan fingerprint density at radius 3 is 2.53 bits per heavy atom. The van der Waals surface area contributed by atoms with Crippen LogP contribution in [0.5, 0.6) is 5.75 Å². The first-order valence-electron chi connectivity index (χ1n) is 6.33. The zero-order chi connectivity index (χ0) is 14.5. The van der Waals surface area contributed by atoms with E-state index >= 15 is 0 Å². The highest BCUT2D eigenvalue weighted by atomic mass is 19.3. The Labute approximate surface area is 113 Å². The highest BCUT2D eigenvalue weighted by molar-refractivity contribution is 5.30. The molecule has 0 aromatic heterocycles. The quantitative estimate of drug-likeness (QED) is 0.614. The van der Waals surface area contributed by atoms with Crippen LogP contribution in [0.4, 0.5) is 8.78 Å². The lowest BCUT2D eigenvalue weighted by Crippen LogP contribution is -2.29. The molecule has 0 heterocycles. The van der Waals surface area contributed by atoms with Crippen molar-refractivity contribution < 1.29 is 13.5 Å². The maximum Gasteiger partial charge on any atom is 0.387 e. The smallest absolute Gasteiger partial charge is 0.387 e. The summed E-state index contributed by atoms with van der Waals surface area (Å²) in [6.07, 6.45) is 1.81. The summed E-state index contributed by atoms with van der Waals surface area (Å²) in [5, 5.41) is 0. The van der Waals surface area contributed by atoms with Crippen LogP contribution in [0.3, 0.4) is 0 Å². The van der Waals surface area contributed by atoms with Gasteiger partial charge < -0.3 is 4.74 Å². The highest BCUT2D eigenvalue weighted by Gasteiger charge is 2.16. The second-order valence-corrected chi connectivity index (χ2v) is 5.77. The summed E-state index contributed by atoms with van der Waals surface area (Å²) in [7, 11) is 0. The van der Waals surface area contributed by atoms with Crippen LogP contribution in [0.1, 0.15) is 45.2 Å². The van der Waals surface area contributed by atoms with Crippen molar-refractivity contribution in [3.63, 3.8) is 0 Å². The van der Waals surface area contributed by atoms with Crippen LogP contribution in [0, 0.1) is 5.41 Å². The molecule has 0 saturated carbocycles. The number of nitrogens with one attached hydrogen (secondary N) is 1. The summed E-state index contributed by atoms with van der Waals surface area (Å²) in [6, 6.07) is 6.58. The third kappa shape index (κ3) is 5.98. The molecule has 1 rings (SSSR count). The fourth-order valence-electron chi connectivity index (χ4n) is 1.83. The van der Waals surface area contributed by atoms with Gasteiger partial charge in [-0.2, -0.15) is 8.78 Å². The second kappa shape index (κ2) is 6.82. The highest BCUT2D eigenvalue weighted by Crippen LogP contribution is 2.28. The van der Waals surface area contributed by atoms with E-state index in [0.29, 0.717) is 0 Å². The Morgan fingerprint density at radius 2 is 2.00 bits per heavy atom. The number of alkyl halides is 2. The van der Waals surface area contributed by atoms with Gasteiger partial charge in [-0.25, -0.2) is 0 Å². The molecular formula is C14H22F2N2O. The Kier molecular flexibility index (Phi) is 5.69. The van der Waals surface area contributed by atoms with Gasteiger partial charge in [0.1, 0.15) is 5.75 Å². The monoisotopic (exact) mass is 272 g/mol. The summed E-state index contributed by atoms with van der Waals surface area (Å²) >= 11 is 0. The normalized spacial score (nSPS) is 13.6. The van der Waals surface area contributed by atoms with Gasteiger partial charge in [-0.15, -0.1) is 0 Å². The molecule has 5 heteroatoms. The van der Waals surface area contributed by atoms with E-state index in [9.17, 15) is 8.78 Å². The molecule has 0 amide bonds. The van der Waals surface area contributed by atoms with Crippen molar-refractivity contribution in [3.05, 3.63) is 29.8 Å². The van der Waals surface area contributed by atoms with Crippen molar-refractivity contribution in [2.45, 2.75) is 46.3 Å². The number of benzene rings is 1. The van der Waals surface area contributed by atoms with E-state index in [4.69, 9.17) is 5.84 Å². The molecule has 3 N–H and O–H groups in total. The van der Waals surface area contributed by atoms with E-state index in [1.165, 1.54) is 6.07 Å². The minimum Gasteiger partial charge on any atom is -0.435 e. The minimum absolute atomic E-state index is 0.0690. The van der Waals surface area contributed by atoms with Crippen LogP contribution in [-0.2, 0) is 0 Å². The number of hydrogen-bond donors (Lipinski definition) is 2. The molecular weight excluding hydrogens is 250 g/mol. The number of hydrazine groups is 1. The number of halogens is 2. The van der Waals surface area contributed by atoms with Crippen molar-refractivity contribution in [3.8, 4) is 5.75 Å². The average molecular weight is 272 g/mol. The molecule has 0 bridgehead atoms. The van der Waals surface area contributed by atoms with Crippen molar-refractivity contribution in [1.29, 1.82) is 0 Å². The van der Waals surface area contributed by atoms with Gasteiger partial charge >= 0.3 is 6.61 Å². The van der Waals surface area contributed by atoms with Gasteiger partial charge in [-0.05, 0) is 36.0 Å². The van der Waals surface area contributed by atoms with Crippen LogP contribution in [0.15, 0.2) is 24.3 Å². The van der Waals surface area contributed by atoms with Crippen LogP contribution in [-0.4, -0.2) is 6.61 Å². The van der Waals surface area contributed by atoms with E-state index in [0.717, 1.165) is 18.4 Å². The van der Waals surface area contributed by atoms with Crippen molar-refractivity contribution in [2.75, 3.05) is 0 Å². The Bertz CT molecular complexity index is 391. The maximum absolute atomic E-state index is 12.2. The predicted molar refractivity (Wildman–Crippen MR) is 71.8 cm³/mol. The van der Waals surface area contributed by atoms with Crippen LogP contribution in [0.25, 0.3) is 0 Å². The number of nitrogens with two attached hydrogens (primary N) is 1. The summed E-state index contributed by atoms with van der Waals surface area (Å²) in [5.41, 5.74) is 3.78. The molecule has 1 aromatic rings. The van der Waals surface area contributed by atoms with Gasteiger partial charge in [-0.1, -0.05) is 32.9 Å². The number of rotatable bonds is 6. The van der Waals surface area contributed by atoms with Crippen LogP contribution < -0.4 is 16.0 Å². The predicted octanol–water partition coefficient (Wildman–Crippen LogP) is 3.62. The topological polar surface area (TPSA) is 47.3 Å². The lowest BCUT2D eigenvalue weighted by atomic mass is 9.87. The SMILES string of the molecule is CC(C)(C)CCC(NN)c1cccc(OC(F)F)c1. The minimum atomic E-state index is -2.81. The fourth-order valence-corrected chi connectivity index (χ4v) is 1.83. The van der Waals surface area contributed by atoms with Gasteiger partial charge in [0.2, 0.25) is 0 Å². The van der Waals surface area contributed by atoms with Gasteiger partial charge in [0.25, 0.3) is 0 Å². The molecule has 0 spiro atoms. The third-order valence-corrected chi connectivity index (χ3v) is 2.87. The lowest BCUT2D eigenvalue weighted by molar-refractivity contribution is -0.0499. The molecule has 0 aliphatic heterocycles. The van der Waals surface area contributed by atoms with E-state index in [2.05, 4.69) is 30.9 Å². The van der Waals surface area contributed by atoms with Gasteiger partial charge in [0.15, 0.2) is 0 Å². The molecule has 0 radical (unpaired) electrons. The molecule has 108 valence electrons. The van der Waals surface area contributed by atoms with Gasteiger partial charge in [0, 0.05) is 6.04 Å². The first-order chi connectivity index (χ1) is 8.81. The van der Waals surface area contributed by atoms with E-state index in [-0.39, 0.29) is 17.2 Å². The van der Waals surface area contributed by atoms with Crippen molar-refractivity contribution in [1.82, 2.24) is 5.43 Å². The van der Waals surface area contributed by atoms with Gasteiger partial charge in [0.05, 0.1) is 0 Å². The maximum atomic E-state index is 12.2. The van der Waals surface area contributed by atoms with E-state index in [1.807, 2.05) is 6.07 Å². The summed E-state index contributed by atoms with van der Waals surface area (Å²) in [4.78, 5) is 0. The second-order valence-electron chi connectivity index (χ2n) is 5.77. The Hall–Kier alpha value is -1.20. The third-order valence-electron chi connectivity index (χ3n) is 2.87. The van der Waals surface area contributed by atoms with Gasteiger partial charge in [-0.3, -0.25) is 11.3 Å². The molecule has 0 aliphatic rings. The summed E-state index contributed by atoms with van der Waals surface area (Å²) in [5.74, 6) is 5.70. The average Bonchev–Trinajstić information content (AvgIpc) is 2.28. The number of hydrogen-bond acceptors (Lipinski definition) is 3. The number of ether oxygens (including phenoxy) is 1. The zero-order valence-corrected chi connectivity index (χ0v) is 11.6. The molecule has 0 saturated heterocycles. The van der Waals surface area contributed by atoms with E-state index < -0.39 is 6.61 Å². The van der Waals surface area contributed by atoms with Crippen LogP contribution >= 0.6 is 0 Å². The Morgan fingerprint density at radius 1 is 1.32 bits per heavy atom. The van der Waals surface area contributed by atoms with Crippen LogP contribution in [0.2, 0.25) is 0 Å². The molecule has 1 aromatic carbocycles. The zero-order valence-electron chi connectivity index (χ0n) is 11.6. The molecule has 0 fully saturated rings. The lowest BCUT2D eigenvalue weighted by Gasteiger charge is -2.23. The molecule has 19 heavy (non-hydrogen) atoms. The van der Waals surface area contributed by atoms with Crippen molar-refractivity contribution in [2.24, 2.45) is 11.3 Å². The fraction of sp³-hybridized carbons (Fsp3) is 0.571. The molecule has 1 atom stereocenters. The molecule has 0 aliphatic carbocycles. The van der Waals surface area contributed by atoms with Crippen molar-refractivity contribution >= 4 is 0 Å².